The number of nitrogens with zero attached hydrogens (tertiary/aromatic N) is 1. The Kier molecular flexibility index (Phi) is 4.27. The molecule has 0 bridgehead atoms. The molecule has 0 spiro atoms. The van der Waals surface area contributed by atoms with Crippen LogP contribution in [0.25, 0.3) is 0 Å². The second-order valence-corrected chi connectivity index (χ2v) is 4.85. The van der Waals surface area contributed by atoms with Gasteiger partial charge in [0.1, 0.15) is 11.5 Å². The van der Waals surface area contributed by atoms with E-state index in [1.165, 1.54) is 18.2 Å². The van der Waals surface area contributed by atoms with Crippen molar-refractivity contribution < 1.29 is 15.0 Å². The zero-order valence-corrected chi connectivity index (χ0v) is 11.1. The fourth-order valence-corrected chi connectivity index (χ4v) is 2.45. The molecule has 2 rings (SSSR count). The number of phenols is 2. The lowest BCUT2D eigenvalue weighted by atomic mass is 10.1. The van der Waals surface area contributed by atoms with E-state index in [-0.39, 0.29) is 29.0 Å². The maximum Gasteiger partial charge on any atom is 0.257 e. The van der Waals surface area contributed by atoms with E-state index < -0.39 is 0 Å². The molecule has 5 nitrogen and oxygen atoms in total. The number of carbonyl (C=O) groups is 1. The van der Waals surface area contributed by atoms with E-state index in [2.05, 4.69) is 5.32 Å². The first kappa shape index (κ1) is 13.7. The largest absolute Gasteiger partial charge is 0.508 e. The minimum atomic E-state index is -0.173. The number of benzene rings is 1. The van der Waals surface area contributed by atoms with Gasteiger partial charge in [-0.25, -0.2) is 0 Å². The molecule has 1 aromatic carbocycles. The van der Waals surface area contributed by atoms with Gasteiger partial charge in [-0.05, 0) is 31.5 Å². The van der Waals surface area contributed by atoms with Gasteiger partial charge < -0.3 is 20.4 Å². The molecule has 1 unspecified atom stereocenters. The van der Waals surface area contributed by atoms with E-state index in [1.54, 1.807) is 0 Å². The number of phenolic OH excluding ortho intramolecular Hbond substituents is 2. The van der Waals surface area contributed by atoms with Gasteiger partial charge in [-0.15, -0.1) is 0 Å². The minimum Gasteiger partial charge on any atom is -0.508 e. The van der Waals surface area contributed by atoms with Crippen LogP contribution in [0.4, 0.5) is 0 Å². The molecular weight excluding hydrogens is 244 g/mol. The number of rotatable bonds is 4. The van der Waals surface area contributed by atoms with Gasteiger partial charge in [0.25, 0.3) is 5.91 Å². The fourth-order valence-electron chi connectivity index (χ4n) is 2.45. The number of amides is 1. The summed E-state index contributed by atoms with van der Waals surface area (Å²) in [6, 6.07) is 4.27. The average molecular weight is 264 g/mol. The second kappa shape index (κ2) is 5.93. The van der Waals surface area contributed by atoms with Crippen LogP contribution in [0.1, 0.15) is 30.1 Å². The van der Waals surface area contributed by atoms with Crippen LogP contribution in [0.2, 0.25) is 0 Å². The summed E-state index contributed by atoms with van der Waals surface area (Å²) in [6.07, 6.45) is 1.81. The predicted octanol–water partition coefficient (Wildman–Crippen LogP) is 1.31. The van der Waals surface area contributed by atoms with Crippen molar-refractivity contribution in [2.45, 2.75) is 25.8 Å². The Morgan fingerprint density at radius 2 is 2.26 bits per heavy atom. The van der Waals surface area contributed by atoms with Gasteiger partial charge in [0.15, 0.2) is 0 Å². The third-order valence-electron chi connectivity index (χ3n) is 3.41. The average Bonchev–Trinajstić information content (AvgIpc) is 2.89. The third kappa shape index (κ3) is 2.98. The maximum atomic E-state index is 12.5. The summed E-state index contributed by atoms with van der Waals surface area (Å²) in [5, 5.41) is 22.3. The van der Waals surface area contributed by atoms with Crippen LogP contribution in [0.15, 0.2) is 18.2 Å². The van der Waals surface area contributed by atoms with Gasteiger partial charge in [0, 0.05) is 25.2 Å². The van der Waals surface area contributed by atoms with Gasteiger partial charge >= 0.3 is 0 Å². The molecule has 1 heterocycles. The first-order valence-electron chi connectivity index (χ1n) is 6.67. The Morgan fingerprint density at radius 3 is 2.84 bits per heavy atom. The smallest absolute Gasteiger partial charge is 0.257 e. The molecule has 19 heavy (non-hydrogen) atoms. The molecule has 1 aliphatic rings. The number of hydrogen-bond donors (Lipinski definition) is 3. The van der Waals surface area contributed by atoms with Crippen molar-refractivity contribution in [2.75, 3.05) is 19.6 Å². The predicted molar refractivity (Wildman–Crippen MR) is 72.4 cm³/mol. The molecule has 0 saturated carbocycles. The van der Waals surface area contributed by atoms with Crippen molar-refractivity contribution in [3.63, 3.8) is 0 Å². The van der Waals surface area contributed by atoms with E-state index in [4.69, 9.17) is 0 Å². The normalized spacial score (nSPS) is 18.5. The van der Waals surface area contributed by atoms with Crippen LogP contribution in [0.5, 0.6) is 11.5 Å². The summed E-state index contributed by atoms with van der Waals surface area (Å²) in [7, 11) is 0. The Bertz CT molecular complexity index is 456. The van der Waals surface area contributed by atoms with Crippen molar-refractivity contribution in [3.05, 3.63) is 23.8 Å². The summed E-state index contributed by atoms with van der Waals surface area (Å²) in [5.41, 5.74) is 0.248. The highest BCUT2D eigenvalue weighted by molar-refractivity contribution is 5.97. The molecule has 1 aromatic rings. The monoisotopic (exact) mass is 264 g/mol. The zero-order chi connectivity index (χ0) is 13.8. The van der Waals surface area contributed by atoms with Gasteiger partial charge in [-0.1, -0.05) is 6.92 Å². The molecular formula is C14H20N2O3. The van der Waals surface area contributed by atoms with Gasteiger partial charge in [-0.2, -0.15) is 0 Å². The first-order valence-corrected chi connectivity index (χ1v) is 6.67. The van der Waals surface area contributed by atoms with Crippen molar-refractivity contribution >= 4 is 5.91 Å². The third-order valence-corrected chi connectivity index (χ3v) is 3.41. The van der Waals surface area contributed by atoms with E-state index in [0.29, 0.717) is 6.54 Å². The Balaban J connectivity index is 2.22. The minimum absolute atomic E-state index is 0.0429. The SMILES string of the molecule is CCCN(C(=O)c1ccc(O)cc1O)C1CCNC1. The lowest BCUT2D eigenvalue weighted by Gasteiger charge is -2.28. The van der Waals surface area contributed by atoms with Crippen LogP contribution in [-0.4, -0.2) is 46.7 Å². The topological polar surface area (TPSA) is 72.8 Å². The molecule has 3 N–H and O–H groups in total. The molecule has 0 aliphatic carbocycles. The van der Waals surface area contributed by atoms with E-state index in [9.17, 15) is 15.0 Å². The van der Waals surface area contributed by atoms with Crippen molar-refractivity contribution in [1.29, 1.82) is 0 Å². The second-order valence-electron chi connectivity index (χ2n) is 4.85. The first-order chi connectivity index (χ1) is 9.13. The number of hydrogen-bond acceptors (Lipinski definition) is 4. The Labute approximate surface area is 112 Å². The summed E-state index contributed by atoms with van der Waals surface area (Å²) >= 11 is 0. The molecule has 1 aliphatic heterocycles. The van der Waals surface area contributed by atoms with Crippen LogP contribution >= 0.6 is 0 Å². The molecule has 0 radical (unpaired) electrons. The molecule has 1 atom stereocenters. The molecule has 0 aromatic heterocycles. The Morgan fingerprint density at radius 1 is 1.47 bits per heavy atom. The van der Waals surface area contributed by atoms with E-state index >= 15 is 0 Å². The quantitative estimate of drug-likeness (QED) is 0.766. The van der Waals surface area contributed by atoms with Crippen LogP contribution in [0.3, 0.4) is 0 Å². The summed E-state index contributed by atoms with van der Waals surface area (Å²) in [6.45, 7) is 4.41. The van der Waals surface area contributed by atoms with Crippen LogP contribution < -0.4 is 5.32 Å². The standard InChI is InChI=1S/C14H20N2O3/c1-2-7-16(10-5-6-15-9-10)14(19)12-4-3-11(17)8-13(12)18/h3-4,8,10,15,17-18H,2,5-7,9H2,1H3. The molecule has 104 valence electrons. The molecule has 1 saturated heterocycles. The molecule has 1 fully saturated rings. The number of carbonyl (C=O) groups excluding carboxylic acids is 1. The highest BCUT2D eigenvalue weighted by Crippen LogP contribution is 2.25. The van der Waals surface area contributed by atoms with Crippen LogP contribution in [0, 0.1) is 0 Å². The highest BCUT2D eigenvalue weighted by Gasteiger charge is 2.27. The summed E-state index contributed by atoms with van der Waals surface area (Å²) in [4.78, 5) is 14.3. The van der Waals surface area contributed by atoms with Gasteiger partial charge in [-0.3, -0.25) is 4.79 Å². The maximum absolute atomic E-state index is 12.5. The van der Waals surface area contributed by atoms with Crippen molar-refractivity contribution in [1.82, 2.24) is 10.2 Å². The number of aromatic hydroxyl groups is 2. The highest BCUT2D eigenvalue weighted by atomic mass is 16.3. The lowest BCUT2D eigenvalue weighted by molar-refractivity contribution is 0.0689. The summed E-state index contributed by atoms with van der Waals surface area (Å²) in [5.74, 6) is -0.385. The summed E-state index contributed by atoms with van der Waals surface area (Å²) < 4.78 is 0. The van der Waals surface area contributed by atoms with E-state index in [0.717, 1.165) is 25.9 Å². The lowest BCUT2D eigenvalue weighted by Crippen LogP contribution is -2.42. The Hall–Kier alpha value is -1.75. The van der Waals surface area contributed by atoms with Gasteiger partial charge in [0.2, 0.25) is 0 Å². The molecule has 1 amide bonds. The van der Waals surface area contributed by atoms with E-state index in [1.807, 2.05) is 11.8 Å². The fraction of sp³-hybridized carbons (Fsp3) is 0.500. The molecule has 5 heteroatoms. The van der Waals surface area contributed by atoms with Gasteiger partial charge in [0.05, 0.1) is 5.56 Å². The van der Waals surface area contributed by atoms with Crippen molar-refractivity contribution in [2.24, 2.45) is 0 Å². The van der Waals surface area contributed by atoms with Crippen LogP contribution in [-0.2, 0) is 0 Å². The number of nitrogens with one attached hydrogen (secondary N) is 1. The van der Waals surface area contributed by atoms with Crippen molar-refractivity contribution in [3.8, 4) is 11.5 Å². The zero-order valence-electron chi connectivity index (χ0n) is 11.1.